The van der Waals surface area contributed by atoms with E-state index in [1.54, 1.807) is 13.2 Å². The third kappa shape index (κ3) is 7.51. The number of nitrogens with zero attached hydrogens (tertiary/aromatic N) is 4. The summed E-state index contributed by atoms with van der Waals surface area (Å²) in [4.78, 5) is 37.3. The highest BCUT2D eigenvalue weighted by molar-refractivity contribution is 7.94. The van der Waals surface area contributed by atoms with E-state index < -0.39 is 0 Å². The van der Waals surface area contributed by atoms with Crippen LogP contribution in [-0.2, 0) is 0 Å². The fourth-order valence-corrected chi connectivity index (χ4v) is 8.12. The van der Waals surface area contributed by atoms with E-state index in [1.807, 2.05) is 53.1 Å². The number of methoxy groups -OCH3 is 1. The van der Waals surface area contributed by atoms with E-state index in [1.165, 1.54) is 0 Å². The number of carbonyl (C=O) groups is 2. The van der Waals surface area contributed by atoms with Crippen molar-refractivity contribution in [3.05, 3.63) is 65.3 Å². The van der Waals surface area contributed by atoms with Gasteiger partial charge in [-0.15, -0.1) is 0 Å². The zero-order valence-corrected chi connectivity index (χ0v) is 31.9. The average molecular weight is 717 g/mol. The maximum Gasteiger partial charge on any atom is 0.257 e. The lowest BCUT2D eigenvalue weighted by atomic mass is 9.78. The number of benzene rings is 2. The van der Waals surface area contributed by atoms with E-state index >= 15 is 0 Å². The van der Waals surface area contributed by atoms with Crippen LogP contribution in [0.2, 0.25) is 0 Å². The Morgan fingerprint density at radius 2 is 1.57 bits per heavy atom. The van der Waals surface area contributed by atoms with Crippen molar-refractivity contribution in [1.29, 1.82) is 0 Å². The maximum atomic E-state index is 13.6. The van der Waals surface area contributed by atoms with Crippen LogP contribution in [0.3, 0.4) is 0 Å². The third-order valence-corrected chi connectivity index (χ3v) is 11.7. The summed E-state index contributed by atoms with van der Waals surface area (Å²) in [6.45, 7) is 21.1. The predicted molar refractivity (Wildman–Crippen MR) is 204 cm³/mol. The summed E-state index contributed by atoms with van der Waals surface area (Å²) in [7, 11) is 3.52. The minimum absolute atomic E-state index is 0.00486. The van der Waals surface area contributed by atoms with Gasteiger partial charge in [-0.2, -0.15) is 0 Å². The van der Waals surface area contributed by atoms with Crippen molar-refractivity contribution < 1.29 is 28.4 Å². The van der Waals surface area contributed by atoms with Crippen LogP contribution in [0.1, 0.15) is 86.1 Å². The number of rotatable bonds is 12. The third-order valence-electron chi connectivity index (χ3n) is 10.9. The fraction of sp³-hybridized carbons (Fsp3) is 0.525. The Labute approximate surface area is 306 Å². The van der Waals surface area contributed by atoms with Gasteiger partial charge in [-0.3, -0.25) is 14.6 Å². The van der Waals surface area contributed by atoms with Crippen molar-refractivity contribution in [2.45, 2.75) is 84.2 Å². The number of hydrogen-bond donors (Lipinski definition) is 1. The molecule has 4 aliphatic rings. The molecular formula is C40H52N4O6S. The molecule has 2 fully saturated rings. The Morgan fingerprint density at radius 3 is 2.29 bits per heavy atom. The van der Waals surface area contributed by atoms with Crippen LogP contribution >= 0.6 is 12.0 Å². The van der Waals surface area contributed by atoms with Gasteiger partial charge in [0.2, 0.25) is 0 Å². The summed E-state index contributed by atoms with van der Waals surface area (Å²) < 4.78 is 28.7. The average Bonchev–Trinajstić information content (AvgIpc) is 3.61. The number of hydrogen-bond acceptors (Lipinski definition) is 9. The van der Waals surface area contributed by atoms with Crippen LogP contribution < -0.4 is 19.1 Å². The highest BCUT2D eigenvalue weighted by atomic mass is 32.2. The van der Waals surface area contributed by atoms with Crippen molar-refractivity contribution in [2.75, 3.05) is 45.4 Å². The molecule has 11 heteroatoms. The van der Waals surface area contributed by atoms with Gasteiger partial charge in [0.25, 0.3) is 11.8 Å². The molecule has 51 heavy (non-hydrogen) atoms. The second-order valence-corrected chi connectivity index (χ2v) is 16.9. The van der Waals surface area contributed by atoms with Crippen molar-refractivity contribution in [3.63, 3.8) is 0 Å². The quantitative estimate of drug-likeness (QED) is 0.175. The number of anilines is 1. The maximum absolute atomic E-state index is 13.6. The molecule has 1 unspecified atom stereocenters. The second-order valence-electron chi connectivity index (χ2n) is 16.2. The van der Waals surface area contributed by atoms with Crippen LogP contribution in [0.4, 0.5) is 11.4 Å². The van der Waals surface area contributed by atoms with E-state index in [-0.39, 0.29) is 40.1 Å². The van der Waals surface area contributed by atoms with Crippen LogP contribution in [-0.4, -0.2) is 90.3 Å². The first-order chi connectivity index (χ1) is 24.1. The zero-order chi connectivity index (χ0) is 36.8. The molecule has 0 spiro atoms. The van der Waals surface area contributed by atoms with Gasteiger partial charge in [-0.05, 0) is 67.6 Å². The van der Waals surface area contributed by atoms with Crippen LogP contribution in [0, 0.1) is 17.8 Å². The summed E-state index contributed by atoms with van der Waals surface area (Å²) in [6.07, 6.45) is 5.99. The number of ether oxygens (including phenoxy) is 3. The highest BCUT2D eigenvalue weighted by Crippen LogP contribution is 2.43. The summed E-state index contributed by atoms with van der Waals surface area (Å²) in [5.41, 5.74) is 5.32. The molecule has 0 radical (unpaired) electrons. The monoisotopic (exact) mass is 716 g/mol. The number of aryl methyl sites for hydroxylation is 1. The van der Waals surface area contributed by atoms with Gasteiger partial charge in [0, 0.05) is 50.5 Å². The number of likely N-dealkylation sites (N-methyl/N-ethyl adjacent to an activating group) is 1. The van der Waals surface area contributed by atoms with Crippen molar-refractivity contribution in [3.8, 4) is 17.2 Å². The number of aliphatic imine (C=N–C) groups is 1. The molecule has 2 aromatic carbocycles. The van der Waals surface area contributed by atoms with Crippen LogP contribution in [0.25, 0.3) is 0 Å². The van der Waals surface area contributed by atoms with E-state index in [9.17, 15) is 14.1 Å². The fourth-order valence-electron chi connectivity index (χ4n) is 7.48. The van der Waals surface area contributed by atoms with E-state index in [2.05, 4.69) is 45.8 Å². The van der Waals surface area contributed by atoms with Gasteiger partial charge in [0.15, 0.2) is 11.5 Å². The zero-order valence-electron chi connectivity index (χ0n) is 31.1. The molecule has 274 valence electrons. The Morgan fingerprint density at radius 1 is 0.882 bits per heavy atom. The first kappa shape index (κ1) is 36.8. The highest BCUT2D eigenvalue weighted by Gasteiger charge is 2.43. The first-order valence-electron chi connectivity index (χ1n) is 17.8. The Hall–Kier alpha value is -3.96. The van der Waals surface area contributed by atoms with Gasteiger partial charge in [0.1, 0.15) is 11.1 Å². The largest absolute Gasteiger partial charge is 0.493 e. The molecule has 0 saturated carbocycles. The van der Waals surface area contributed by atoms with Crippen molar-refractivity contribution in [1.82, 2.24) is 9.80 Å². The number of fused-ring (bicyclic) bond motifs is 4. The lowest BCUT2D eigenvalue weighted by Crippen LogP contribution is -2.45. The van der Waals surface area contributed by atoms with Crippen molar-refractivity contribution >= 4 is 41.4 Å². The summed E-state index contributed by atoms with van der Waals surface area (Å²) in [6, 6.07) is 7.23. The minimum atomic E-state index is -0.300. The van der Waals surface area contributed by atoms with Gasteiger partial charge in [-0.1, -0.05) is 52.0 Å². The van der Waals surface area contributed by atoms with Crippen LogP contribution in [0.15, 0.2) is 53.6 Å². The summed E-state index contributed by atoms with van der Waals surface area (Å²) in [5.74, 6) is 1.74. The van der Waals surface area contributed by atoms with E-state index in [0.717, 1.165) is 65.9 Å². The number of amides is 2. The minimum Gasteiger partial charge on any atom is -0.493 e. The Balaban J connectivity index is 1.05. The molecule has 2 saturated heterocycles. The van der Waals surface area contributed by atoms with Crippen molar-refractivity contribution in [2.24, 2.45) is 15.8 Å². The number of carbonyl (C=O) groups excluding carboxylic acids is 2. The summed E-state index contributed by atoms with van der Waals surface area (Å²) >= 11 is 0.776. The molecular weight excluding hydrogens is 665 g/mol. The molecule has 2 aromatic rings. The van der Waals surface area contributed by atoms with E-state index in [4.69, 9.17) is 14.2 Å². The molecule has 10 nitrogen and oxygen atoms in total. The standard InChI is InChI=1S/C40H52N4O6S/c1-24-14-27-20-41-30-18-35(34(48-9)17-28(30)36(45)43(27)21-24)50-23-40(6,7)11-10-39(4,5)12-13-49-33-19-31-29(16-26(33)3)37(46)44-22-25(2)15-32(44)38(51-47)42(31)8/h16-20,27,32,38,47H,1-2,10-15,21-23H2,3-9H3/t27-,32-,38?/m0/s1. The van der Waals surface area contributed by atoms with Gasteiger partial charge in [0.05, 0.1) is 54.9 Å². The molecule has 2 amide bonds. The van der Waals surface area contributed by atoms with Gasteiger partial charge < -0.3 is 33.5 Å². The van der Waals surface area contributed by atoms with E-state index in [0.29, 0.717) is 61.0 Å². The normalized spacial score (nSPS) is 21.6. The molecule has 4 heterocycles. The topological polar surface area (TPSA) is 104 Å². The Bertz CT molecular complexity index is 1770. The molecule has 3 atom stereocenters. The molecule has 1 N–H and O–H groups in total. The summed E-state index contributed by atoms with van der Waals surface area (Å²) in [5, 5.41) is -0.300. The lowest BCUT2D eigenvalue weighted by Gasteiger charge is -2.32. The molecule has 4 aliphatic heterocycles. The first-order valence-corrected chi connectivity index (χ1v) is 18.6. The van der Waals surface area contributed by atoms with Gasteiger partial charge >= 0.3 is 0 Å². The molecule has 0 aliphatic carbocycles. The molecule has 0 aromatic heterocycles. The van der Waals surface area contributed by atoms with Crippen LogP contribution in [0.5, 0.6) is 17.2 Å². The van der Waals surface area contributed by atoms with Gasteiger partial charge in [-0.25, -0.2) is 0 Å². The second kappa shape index (κ2) is 14.2. The molecule has 6 rings (SSSR count). The predicted octanol–water partition coefficient (Wildman–Crippen LogP) is 7.92. The molecule has 0 bridgehead atoms. The Kier molecular flexibility index (Phi) is 10.3. The SMILES string of the molecule is C=C1C[C@H]2C=Nc3cc(OCC(C)(C)CCC(C)(C)CCOc4cc5c(cc4C)C(=O)N4CC(=C)C[C@H]4C(SO)N5C)c(OC)cc3C(=O)N2C1. The smallest absolute Gasteiger partial charge is 0.257 e. The lowest BCUT2D eigenvalue weighted by molar-refractivity contribution is 0.0743.